The normalized spacial score (nSPS) is 10.5. The van der Waals surface area contributed by atoms with Gasteiger partial charge in [-0.2, -0.15) is 0 Å². The second kappa shape index (κ2) is 6.65. The molecule has 0 aromatic heterocycles. The minimum Gasteiger partial charge on any atom is -0.507 e. The number of phenolic OH excluding ortho intramolecular Hbond substituents is 1. The van der Waals surface area contributed by atoms with Crippen molar-refractivity contribution in [2.45, 2.75) is 13.8 Å². The number of nitrogens with one attached hydrogen (secondary N) is 2. The fraction of sp³-hybridized carbons (Fsp3) is 0.100. The van der Waals surface area contributed by atoms with Crippen LogP contribution in [0.25, 0.3) is 10.8 Å². The molecule has 0 radical (unpaired) electrons. The summed E-state index contributed by atoms with van der Waals surface area (Å²) in [7, 11) is 0. The Kier molecular flexibility index (Phi) is 4.39. The lowest BCUT2D eigenvalue weighted by atomic mass is 10.00. The lowest BCUT2D eigenvalue weighted by molar-refractivity contribution is 0.0964. The topological polar surface area (TPSA) is 78.4 Å². The van der Waals surface area contributed by atoms with E-state index in [1.165, 1.54) is 0 Å². The molecular formula is C20H18N2O3. The Morgan fingerprint density at radius 1 is 0.960 bits per heavy atom. The van der Waals surface area contributed by atoms with Gasteiger partial charge in [0.15, 0.2) is 0 Å². The number of hydrogen-bond donors (Lipinski definition) is 3. The fourth-order valence-corrected chi connectivity index (χ4v) is 2.73. The molecule has 0 spiro atoms. The van der Waals surface area contributed by atoms with Crippen molar-refractivity contribution < 1.29 is 14.7 Å². The summed E-state index contributed by atoms with van der Waals surface area (Å²) in [5.41, 5.74) is 2.17. The number of hydrogen-bond acceptors (Lipinski definition) is 3. The molecule has 0 unspecified atom stereocenters. The first-order valence-corrected chi connectivity index (χ1v) is 7.86. The van der Waals surface area contributed by atoms with Gasteiger partial charge in [0.05, 0.1) is 5.56 Å². The number of benzene rings is 3. The van der Waals surface area contributed by atoms with Crippen molar-refractivity contribution in [3.8, 4) is 5.75 Å². The third-order valence-electron chi connectivity index (χ3n) is 4.14. The van der Waals surface area contributed by atoms with E-state index in [0.29, 0.717) is 11.3 Å². The zero-order valence-electron chi connectivity index (χ0n) is 14.0. The maximum atomic E-state index is 12.4. The minimum atomic E-state index is -0.655. The van der Waals surface area contributed by atoms with Gasteiger partial charge < -0.3 is 10.4 Å². The summed E-state index contributed by atoms with van der Waals surface area (Å²) >= 11 is 0. The molecule has 3 amide bonds. The Morgan fingerprint density at radius 3 is 2.40 bits per heavy atom. The van der Waals surface area contributed by atoms with Crippen molar-refractivity contribution in [1.29, 1.82) is 0 Å². The quantitative estimate of drug-likeness (QED) is 0.659. The molecule has 3 aromatic carbocycles. The van der Waals surface area contributed by atoms with Crippen molar-refractivity contribution >= 4 is 28.4 Å². The Bertz CT molecular complexity index is 980. The first-order valence-electron chi connectivity index (χ1n) is 7.86. The van der Waals surface area contributed by atoms with Crippen LogP contribution in [0.3, 0.4) is 0 Å². The van der Waals surface area contributed by atoms with E-state index in [2.05, 4.69) is 10.6 Å². The number of imide groups is 1. The van der Waals surface area contributed by atoms with Gasteiger partial charge in [0.2, 0.25) is 0 Å². The van der Waals surface area contributed by atoms with Gasteiger partial charge in [-0.25, -0.2) is 4.79 Å². The molecule has 0 saturated heterocycles. The van der Waals surface area contributed by atoms with Gasteiger partial charge in [-0.3, -0.25) is 10.1 Å². The third-order valence-corrected chi connectivity index (χ3v) is 4.14. The number of urea groups is 1. The molecule has 3 aromatic rings. The highest BCUT2D eigenvalue weighted by Gasteiger charge is 2.18. The van der Waals surface area contributed by atoms with Crippen LogP contribution < -0.4 is 10.6 Å². The molecule has 0 saturated carbocycles. The average molecular weight is 334 g/mol. The Hall–Kier alpha value is -3.34. The Balaban J connectivity index is 1.84. The highest BCUT2D eigenvalue weighted by molar-refractivity contribution is 6.11. The van der Waals surface area contributed by atoms with Crippen molar-refractivity contribution in [2.24, 2.45) is 0 Å². The molecule has 0 atom stereocenters. The number of carbonyl (C=O) groups is 2. The van der Waals surface area contributed by atoms with Crippen molar-refractivity contribution in [3.63, 3.8) is 0 Å². The molecule has 0 aliphatic carbocycles. The molecular weight excluding hydrogens is 316 g/mol. The summed E-state index contributed by atoms with van der Waals surface area (Å²) in [6.07, 6.45) is 0. The minimum absolute atomic E-state index is 0.0659. The Labute approximate surface area is 145 Å². The van der Waals surface area contributed by atoms with Crippen LogP contribution in [-0.2, 0) is 0 Å². The Morgan fingerprint density at radius 2 is 1.64 bits per heavy atom. The molecule has 3 N–H and O–H groups in total. The lowest BCUT2D eigenvalue weighted by Crippen LogP contribution is -2.34. The van der Waals surface area contributed by atoms with Crippen LogP contribution in [0, 0.1) is 13.8 Å². The number of fused-ring (bicyclic) bond motifs is 1. The van der Waals surface area contributed by atoms with Crippen LogP contribution in [0.15, 0.2) is 54.6 Å². The van der Waals surface area contributed by atoms with Gasteiger partial charge in [0.25, 0.3) is 5.91 Å². The smallest absolute Gasteiger partial charge is 0.326 e. The van der Waals surface area contributed by atoms with E-state index in [1.54, 1.807) is 25.1 Å². The van der Waals surface area contributed by atoms with Crippen LogP contribution in [0.4, 0.5) is 10.5 Å². The molecule has 126 valence electrons. The molecule has 0 fully saturated rings. The molecule has 5 heteroatoms. The first kappa shape index (κ1) is 16.5. The average Bonchev–Trinajstić information content (AvgIpc) is 2.60. The van der Waals surface area contributed by atoms with Gasteiger partial charge in [-0.15, -0.1) is 0 Å². The molecule has 0 aliphatic rings. The van der Waals surface area contributed by atoms with Crippen LogP contribution in [0.5, 0.6) is 5.75 Å². The number of aromatic hydroxyl groups is 1. The van der Waals surface area contributed by atoms with Gasteiger partial charge in [-0.05, 0) is 47.9 Å². The van der Waals surface area contributed by atoms with Crippen LogP contribution in [-0.4, -0.2) is 17.0 Å². The number of anilines is 1. The highest BCUT2D eigenvalue weighted by Crippen LogP contribution is 2.30. The van der Waals surface area contributed by atoms with Crippen molar-refractivity contribution in [2.75, 3.05) is 5.32 Å². The predicted molar refractivity (Wildman–Crippen MR) is 98.0 cm³/mol. The van der Waals surface area contributed by atoms with E-state index < -0.39 is 11.9 Å². The van der Waals surface area contributed by atoms with Gasteiger partial charge >= 0.3 is 6.03 Å². The number of aryl methyl sites for hydroxylation is 2. The molecule has 0 bridgehead atoms. The molecule has 5 nitrogen and oxygen atoms in total. The van der Waals surface area contributed by atoms with Crippen molar-refractivity contribution in [1.82, 2.24) is 5.32 Å². The maximum Gasteiger partial charge on any atom is 0.326 e. The standard InChI is InChI=1S/C20H18N2O3/c1-12-7-3-6-10-17(12)21-20(25)22-19(24)16-11-14-8-4-5-9-15(14)13(2)18(16)23/h3-11,23H,1-2H3,(H2,21,22,24,25). The van der Waals surface area contributed by atoms with E-state index >= 15 is 0 Å². The van der Waals surface area contributed by atoms with Crippen molar-refractivity contribution in [3.05, 3.63) is 71.3 Å². The summed E-state index contributed by atoms with van der Waals surface area (Å²) in [6.45, 7) is 3.60. The first-order chi connectivity index (χ1) is 12.0. The highest BCUT2D eigenvalue weighted by atomic mass is 16.3. The number of para-hydroxylation sites is 1. The van der Waals surface area contributed by atoms with Crippen LogP contribution in [0.2, 0.25) is 0 Å². The largest absolute Gasteiger partial charge is 0.507 e. The zero-order valence-corrected chi connectivity index (χ0v) is 14.0. The number of phenols is 1. The van der Waals surface area contributed by atoms with E-state index in [0.717, 1.165) is 16.3 Å². The fourth-order valence-electron chi connectivity index (χ4n) is 2.73. The number of rotatable bonds is 2. The monoisotopic (exact) mass is 334 g/mol. The SMILES string of the molecule is Cc1ccccc1NC(=O)NC(=O)c1cc2ccccc2c(C)c1O. The van der Waals surface area contributed by atoms with Crippen LogP contribution >= 0.6 is 0 Å². The predicted octanol–water partition coefficient (Wildman–Crippen LogP) is 4.12. The lowest BCUT2D eigenvalue weighted by Gasteiger charge is -2.12. The molecule has 3 rings (SSSR count). The number of amides is 3. The third kappa shape index (κ3) is 3.30. The summed E-state index contributed by atoms with van der Waals surface area (Å²) in [4.78, 5) is 24.5. The molecule has 0 heterocycles. The van der Waals surface area contributed by atoms with E-state index in [9.17, 15) is 14.7 Å². The summed E-state index contributed by atoms with van der Waals surface area (Å²) in [5, 5.41) is 16.9. The van der Waals surface area contributed by atoms with Gasteiger partial charge in [0, 0.05) is 5.69 Å². The van der Waals surface area contributed by atoms with E-state index in [1.807, 2.05) is 43.3 Å². The molecule has 0 aliphatic heterocycles. The molecule has 25 heavy (non-hydrogen) atoms. The van der Waals surface area contributed by atoms with Gasteiger partial charge in [-0.1, -0.05) is 42.5 Å². The maximum absolute atomic E-state index is 12.4. The van der Waals surface area contributed by atoms with Crippen LogP contribution in [0.1, 0.15) is 21.5 Å². The zero-order chi connectivity index (χ0) is 18.0. The van der Waals surface area contributed by atoms with E-state index in [-0.39, 0.29) is 11.3 Å². The summed E-state index contributed by atoms with van der Waals surface area (Å²) in [5.74, 6) is -0.780. The second-order valence-electron chi connectivity index (χ2n) is 5.84. The van der Waals surface area contributed by atoms with Gasteiger partial charge in [0.1, 0.15) is 5.75 Å². The number of carbonyl (C=O) groups excluding carboxylic acids is 2. The second-order valence-corrected chi connectivity index (χ2v) is 5.84. The summed E-state index contributed by atoms with van der Waals surface area (Å²) in [6, 6.07) is 15.6. The van der Waals surface area contributed by atoms with E-state index in [4.69, 9.17) is 0 Å². The summed E-state index contributed by atoms with van der Waals surface area (Å²) < 4.78 is 0.